The molecular formula is C10H6BrClO2S. The molecule has 15 heavy (non-hydrogen) atoms. The minimum absolute atomic E-state index is 0.320. The number of fused-ring (bicyclic) bond motifs is 1. The Hall–Kier alpha value is -0.580. The third-order valence-electron chi connectivity index (χ3n) is 1.94. The van der Waals surface area contributed by atoms with Crippen molar-refractivity contribution in [3.8, 4) is 0 Å². The lowest BCUT2D eigenvalue weighted by Crippen LogP contribution is -1.96. The first-order valence-electron chi connectivity index (χ1n) is 4.08. The Morgan fingerprint density at radius 1 is 1.47 bits per heavy atom. The Morgan fingerprint density at radius 2 is 2.20 bits per heavy atom. The molecule has 0 bridgehead atoms. The summed E-state index contributed by atoms with van der Waals surface area (Å²) in [6.45, 7) is 0. The van der Waals surface area contributed by atoms with E-state index in [1.54, 1.807) is 12.1 Å². The monoisotopic (exact) mass is 304 g/mol. The molecule has 2 rings (SSSR count). The molecule has 0 saturated heterocycles. The first-order chi connectivity index (χ1) is 7.11. The summed E-state index contributed by atoms with van der Waals surface area (Å²) in [5, 5.41) is 1.62. The smallest absolute Gasteiger partial charge is 0.348 e. The second-order valence-electron chi connectivity index (χ2n) is 2.90. The van der Waals surface area contributed by atoms with Crippen molar-refractivity contribution in [1.29, 1.82) is 0 Å². The van der Waals surface area contributed by atoms with Gasteiger partial charge in [-0.3, -0.25) is 0 Å². The highest BCUT2D eigenvalue weighted by Crippen LogP contribution is 2.34. The van der Waals surface area contributed by atoms with E-state index in [-0.39, 0.29) is 5.97 Å². The van der Waals surface area contributed by atoms with E-state index in [9.17, 15) is 4.79 Å². The molecule has 0 aliphatic carbocycles. The van der Waals surface area contributed by atoms with Gasteiger partial charge in [0.05, 0.1) is 7.11 Å². The molecule has 0 N–H and O–H groups in total. The SMILES string of the molecule is COC(=O)c1cc2c(Br)cc(Cl)cc2s1. The molecule has 2 nitrogen and oxygen atoms in total. The molecule has 1 heterocycles. The zero-order valence-electron chi connectivity index (χ0n) is 7.71. The minimum atomic E-state index is -0.320. The van der Waals surface area contributed by atoms with Crippen LogP contribution in [0.1, 0.15) is 9.67 Å². The number of carbonyl (C=O) groups excluding carboxylic acids is 1. The predicted molar refractivity (Wildman–Crippen MR) is 65.9 cm³/mol. The standard InChI is InChI=1S/C10H6BrClO2S/c1-14-10(13)9-4-6-7(11)2-5(12)3-8(6)15-9/h2-4H,1H3. The lowest BCUT2D eigenvalue weighted by atomic mass is 10.2. The molecule has 78 valence electrons. The molecule has 1 aromatic carbocycles. The quantitative estimate of drug-likeness (QED) is 0.741. The molecule has 1 aromatic heterocycles. The van der Waals surface area contributed by atoms with Crippen molar-refractivity contribution in [2.75, 3.05) is 7.11 Å². The van der Waals surface area contributed by atoms with Crippen molar-refractivity contribution < 1.29 is 9.53 Å². The van der Waals surface area contributed by atoms with Gasteiger partial charge < -0.3 is 4.74 Å². The van der Waals surface area contributed by atoms with Crippen LogP contribution in [0.5, 0.6) is 0 Å². The van der Waals surface area contributed by atoms with Crippen molar-refractivity contribution in [2.45, 2.75) is 0 Å². The molecule has 0 radical (unpaired) electrons. The average Bonchev–Trinajstić information content (AvgIpc) is 2.60. The summed E-state index contributed by atoms with van der Waals surface area (Å²) in [5.41, 5.74) is 0. The number of esters is 1. The van der Waals surface area contributed by atoms with Crippen LogP contribution in [0.15, 0.2) is 22.7 Å². The maximum Gasteiger partial charge on any atom is 0.348 e. The molecular weight excluding hydrogens is 300 g/mol. The molecule has 0 aliphatic rings. The zero-order valence-corrected chi connectivity index (χ0v) is 10.9. The molecule has 0 spiro atoms. The van der Waals surface area contributed by atoms with Gasteiger partial charge in [0.1, 0.15) is 4.88 Å². The Morgan fingerprint density at radius 3 is 2.87 bits per heavy atom. The second-order valence-corrected chi connectivity index (χ2v) is 5.28. The summed E-state index contributed by atoms with van der Waals surface area (Å²) in [7, 11) is 1.37. The first-order valence-corrected chi connectivity index (χ1v) is 6.07. The fourth-order valence-electron chi connectivity index (χ4n) is 1.27. The van der Waals surface area contributed by atoms with E-state index in [0.29, 0.717) is 9.90 Å². The Kier molecular flexibility index (Phi) is 3.00. The highest BCUT2D eigenvalue weighted by Gasteiger charge is 2.12. The normalized spacial score (nSPS) is 10.6. The van der Waals surface area contributed by atoms with E-state index in [0.717, 1.165) is 14.6 Å². The summed E-state index contributed by atoms with van der Waals surface area (Å²) < 4.78 is 6.51. The topological polar surface area (TPSA) is 26.3 Å². The van der Waals surface area contributed by atoms with Crippen molar-refractivity contribution in [2.24, 2.45) is 0 Å². The number of benzene rings is 1. The number of hydrogen-bond acceptors (Lipinski definition) is 3. The molecule has 5 heteroatoms. The van der Waals surface area contributed by atoms with E-state index in [1.165, 1.54) is 18.4 Å². The van der Waals surface area contributed by atoms with Crippen LogP contribution in [0.4, 0.5) is 0 Å². The van der Waals surface area contributed by atoms with Crippen LogP contribution in [-0.4, -0.2) is 13.1 Å². The summed E-state index contributed by atoms with van der Waals surface area (Å²) in [6.07, 6.45) is 0. The molecule has 0 saturated carbocycles. The van der Waals surface area contributed by atoms with Gasteiger partial charge in [-0.2, -0.15) is 0 Å². The number of hydrogen-bond donors (Lipinski definition) is 0. The number of methoxy groups -OCH3 is 1. The van der Waals surface area contributed by atoms with E-state index in [4.69, 9.17) is 11.6 Å². The zero-order chi connectivity index (χ0) is 11.0. The maximum atomic E-state index is 11.3. The van der Waals surface area contributed by atoms with Gasteiger partial charge in [-0.25, -0.2) is 4.79 Å². The summed E-state index contributed by atoms with van der Waals surface area (Å²) in [6, 6.07) is 5.43. The maximum absolute atomic E-state index is 11.3. The van der Waals surface area contributed by atoms with Crippen molar-refractivity contribution in [1.82, 2.24) is 0 Å². The molecule has 0 atom stereocenters. The van der Waals surface area contributed by atoms with E-state index < -0.39 is 0 Å². The van der Waals surface area contributed by atoms with Crippen LogP contribution >= 0.6 is 38.9 Å². The van der Waals surface area contributed by atoms with Crippen LogP contribution in [0, 0.1) is 0 Å². The average molecular weight is 306 g/mol. The van der Waals surface area contributed by atoms with E-state index >= 15 is 0 Å². The van der Waals surface area contributed by atoms with Crippen molar-refractivity contribution >= 4 is 54.9 Å². The van der Waals surface area contributed by atoms with Crippen molar-refractivity contribution in [3.05, 3.63) is 32.6 Å². The molecule has 2 aromatic rings. The van der Waals surface area contributed by atoms with Crippen LogP contribution in [-0.2, 0) is 4.74 Å². The van der Waals surface area contributed by atoms with Gasteiger partial charge in [0.15, 0.2) is 0 Å². The van der Waals surface area contributed by atoms with Gasteiger partial charge in [0.25, 0.3) is 0 Å². The summed E-state index contributed by atoms with van der Waals surface area (Å²) >= 11 is 10.7. The number of halogens is 2. The highest BCUT2D eigenvalue weighted by molar-refractivity contribution is 9.10. The molecule has 0 amide bonds. The number of rotatable bonds is 1. The number of ether oxygens (including phenoxy) is 1. The Labute approximate surface area is 104 Å². The first kappa shape index (κ1) is 10.9. The van der Waals surface area contributed by atoms with Crippen LogP contribution < -0.4 is 0 Å². The van der Waals surface area contributed by atoms with Crippen LogP contribution in [0.25, 0.3) is 10.1 Å². The summed E-state index contributed by atoms with van der Waals surface area (Å²) in [4.78, 5) is 11.9. The highest BCUT2D eigenvalue weighted by atomic mass is 79.9. The third kappa shape index (κ3) is 2.02. The molecule has 0 aliphatic heterocycles. The van der Waals surface area contributed by atoms with Gasteiger partial charge in [-0.05, 0) is 18.2 Å². The van der Waals surface area contributed by atoms with Gasteiger partial charge in [-0.15, -0.1) is 11.3 Å². The molecule has 0 fully saturated rings. The van der Waals surface area contributed by atoms with E-state index in [2.05, 4.69) is 20.7 Å². The van der Waals surface area contributed by atoms with E-state index in [1.807, 2.05) is 6.07 Å². The molecule has 0 unspecified atom stereocenters. The Bertz CT molecular complexity index is 535. The van der Waals surface area contributed by atoms with Crippen LogP contribution in [0.2, 0.25) is 5.02 Å². The van der Waals surface area contributed by atoms with Gasteiger partial charge in [0.2, 0.25) is 0 Å². The fraction of sp³-hybridized carbons (Fsp3) is 0.100. The van der Waals surface area contributed by atoms with Gasteiger partial charge in [0, 0.05) is 19.6 Å². The number of thiophene rings is 1. The fourth-order valence-corrected chi connectivity index (χ4v) is 3.43. The lowest BCUT2D eigenvalue weighted by Gasteiger charge is -1.94. The second kappa shape index (κ2) is 4.12. The minimum Gasteiger partial charge on any atom is -0.465 e. The summed E-state index contributed by atoms with van der Waals surface area (Å²) in [5.74, 6) is -0.320. The lowest BCUT2D eigenvalue weighted by molar-refractivity contribution is 0.0606. The van der Waals surface area contributed by atoms with Gasteiger partial charge >= 0.3 is 5.97 Å². The predicted octanol–water partition coefficient (Wildman–Crippen LogP) is 4.10. The largest absolute Gasteiger partial charge is 0.465 e. The van der Waals surface area contributed by atoms with Crippen molar-refractivity contribution in [3.63, 3.8) is 0 Å². The van der Waals surface area contributed by atoms with Crippen LogP contribution in [0.3, 0.4) is 0 Å². The third-order valence-corrected chi connectivity index (χ3v) is 3.87. The number of carbonyl (C=O) groups is 1. The van der Waals surface area contributed by atoms with Gasteiger partial charge in [-0.1, -0.05) is 27.5 Å². The Balaban J connectivity index is 2.65.